The monoisotopic (exact) mass is 393 g/mol. The van der Waals surface area contributed by atoms with Crippen molar-refractivity contribution >= 4 is 33.6 Å². The number of nitrogens with one attached hydrogen (secondary N) is 1. The van der Waals surface area contributed by atoms with Crippen molar-refractivity contribution in [2.45, 2.75) is 33.2 Å². The van der Waals surface area contributed by atoms with Gasteiger partial charge < -0.3 is 14.7 Å². The van der Waals surface area contributed by atoms with Gasteiger partial charge in [0, 0.05) is 22.1 Å². The molecule has 0 saturated heterocycles. The summed E-state index contributed by atoms with van der Waals surface area (Å²) in [6.07, 6.45) is 0.746. The smallest absolute Gasteiger partial charge is 0.254 e. The Kier molecular flexibility index (Phi) is 6.14. The van der Waals surface area contributed by atoms with E-state index < -0.39 is 0 Å². The van der Waals surface area contributed by atoms with Crippen molar-refractivity contribution < 1.29 is 14.1 Å². The lowest BCUT2D eigenvalue weighted by atomic mass is 10.1. The van der Waals surface area contributed by atoms with Gasteiger partial charge in [0.05, 0.1) is 0 Å². The fourth-order valence-electron chi connectivity index (χ4n) is 2.20. The number of carbonyl (C=O) groups excluding carboxylic acids is 2. The van der Waals surface area contributed by atoms with Gasteiger partial charge in [0.25, 0.3) is 5.91 Å². The topological polar surface area (TPSA) is 75.4 Å². The standard InChI is InChI=1S/C17H20BrN3O3/c1-4-11(2)21(17(23)13-6-5-7-14(18)9-13)10-16(22)19-15-8-12(3)24-20-15/h5-9,11H,4,10H2,1-3H3,(H,19,20,22)/t11-/m0/s1. The average molecular weight is 394 g/mol. The minimum Gasteiger partial charge on any atom is -0.360 e. The zero-order valence-electron chi connectivity index (χ0n) is 13.9. The summed E-state index contributed by atoms with van der Waals surface area (Å²) in [6.45, 7) is 5.59. The highest BCUT2D eigenvalue weighted by Crippen LogP contribution is 2.16. The van der Waals surface area contributed by atoms with Crippen molar-refractivity contribution in [3.05, 3.63) is 46.1 Å². The molecule has 1 aromatic heterocycles. The molecule has 0 bridgehead atoms. The Bertz CT molecular complexity index is 729. The van der Waals surface area contributed by atoms with Gasteiger partial charge in [-0.05, 0) is 38.5 Å². The lowest BCUT2D eigenvalue weighted by Gasteiger charge is -2.28. The van der Waals surface area contributed by atoms with E-state index in [9.17, 15) is 9.59 Å². The van der Waals surface area contributed by atoms with Crippen molar-refractivity contribution in [3.8, 4) is 0 Å². The number of aromatic nitrogens is 1. The van der Waals surface area contributed by atoms with Crippen LogP contribution in [0.15, 0.2) is 39.3 Å². The van der Waals surface area contributed by atoms with Crippen LogP contribution in [0.25, 0.3) is 0 Å². The number of anilines is 1. The van der Waals surface area contributed by atoms with Crippen LogP contribution in [0.2, 0.25) is 0 Å². The minimum absolute atomic E-state index is 0.0493. The third-order valence-electron chi connectivity index (χ3n) is 3.66. The number of hydrogen-bond acceptors (Lipinski definition) is 4. The van der Waals surface area contributed by atoms with Gasteiger partial charge in [-0.1, -0.05) is 34.1 Å². The van der Waals surface area contributed by atoms with E-state index in [4.69, 9.17) is 4.52 Å². The molecule has 1 heterocycles. The van der Waals surface area contributed by atoms with E-state index in [2.05, 4.69) is 26.4 Å². The summed E-state index contributed by atoms with van der Waals surface area (Å²) in [4.78, 5) is 26.6. The van der Waals surface area contributed by atoms with Gasteiger partial charge in [-0.25, -0.2) is 0 Å². The van der Waals surface area contributed by atoms with Gasteiger partial charge >= 0.3 is 0 Å². The molecule has 2 amide bonds. The first kappa shape index (κ1) is 18.2. The maximum absolute atomic E-state index is 12.8. The highest BCUT2D eigenvalue weighted by atomic mass is 79.9. The first-order chi connectivity index (χ1) is 11.4. The van der Waals surface area contributed by atoms with Crippen LogP contribution in [0.1, 0.15) is 36.4 Å². The van der Waals surface area contributed by atoms with Crippen LogP contribution in [0.5, 0.6) is 0 Å². The molecule has 24 heavy (non-hydrogen) atoms. The van der Waals surface area contributed by atoms with Crippen molar-refractivity contribution in [1.29, 1.82) is 0 Å². The Balaban J connectivity index is 2.13. The number of rotatable bonds is 6. The van der Waals surface area contributed by atoms with Crippen LogP contribution in [-0.2, 0) is 4.79 Å². The molecule has 0 fully saturated rings. The second kappa shape index (κ2) is 8.10. The van der Waals surface area contributed by atoms with Gasteiger partial charge in [-0.3, -0.25) is 9.59 Å². The molecule has 2 rings (SSSR count). The van der Waals surface area contributed by atoms with Gasteiger partial charge in [-0.15, -0.1) is 0 Å². The highest BCUT2D eigenvalue weighted by molar-refractivity contribution is 9.10. The molecule has 6 nitrogen and oxygen atoms in total. The van der Waals surface area contributed by atoms with E-state index >= 15 is 0 Å². The molecule has 2 aromatic rings. The molecule has 128 valence electrons. The zero-order chi connectivity index (χ0) is 17.7. The van der Waals surface area contributed by atoms with E-state index in [1.165, 1.54) is 0 Å². The minimum atomic E-state index is -0.313. The quantitative estimate of drug-likeness (QED) is 0.812. The molecular formula is C17H20BrN3O3. The summed E-state index contributed by atoms with van der Waals surface area (Å²) in [5, 5.41) is 6.37. The predicted molar refractivity (Wildman–Crippen MR) is 94.8 cm³/mol. The maximum atomic E-state index is 12.8. The Labute approximate surface area is 149 Å². The summed E-state index contributed by atoms with van der Waals surface area (Å²) >= 11 is 3.36. The molecular weight excluding hydrogens is 374 g/mol. The Hall–Kier alpha value is -2.15. The molecule has 7 heteroatoms. The van der Waals surface area contributed by atoms with E-state index in [0.717, 1.165) is 10.9 Å². The fourth-order valence-corrected chi connectivity index (χ4v) is 2.60. The molecule has 1 N–H and O–H groups in total. The maximum Gasteiger partial charge on any atom is 0.254 e. The number of hydrogen-bond donors (Lipinski definition) is 1. The van der Waals surface area contributed by atoms with Crippen molar-refractivity contribution in [2.24, 2.45) is 0 Å². The van der Waals surface area contributed by atoms with Crippen molar-refractivity contribution in [1.82, 2.24) is 10.1 Å². The van der Waals surface area contributed by atoms with Crippen LogP contribution >= 0.6 is 15.9 Å². The van der Waals surface area contributed by atoms with Crippen LogP contribution in [0, 0.1) is 6.92 Å². The zero-order valence-corrected chi connectivity index (χ0v) is 15.5. The van der Waals surface area contributed by atoms with Gasteiger partial charge in [0.15, 0.2) is 5.82 Å². The number of nitrogens with zero attached hydrogens (tertiary/aromatic N) is 2. The Morgan fingerprint density at radius 2 is 2.12 bits per heavy atom. The number of carbonyl (C=O) groups is 2. The molecule has 0 aliphatic heterocycles. The third kappa shape index (κ3) is 4.67. The number of amides is 2. The molecule has 0 saturated carbocycles. The number of aryl methyl sites for hydroxylation is 1. The van der Waals surface area contributed by atoms with Crippen LogP contribution in [0.4, 0.5) is 5.82 Å². The predicted octanol–water partition coefficient (Wildman–Crippen LogP) is 3.62. The van der Waals surface area contributed by atoms with Gasteiger partial charge in [-0.2, -0.15) is 0 Å². The summed E-state index contributed by atoms with van der Waals surface area (Å²) < 4.78 is 5.74. The molecule has 1 aromatic carbocycles. The number of halogens is 1. The Morgan fingerprint density at radius 1 is 1.38 bits per heavy atom. The molecule has 0 spiro atoms. The van der Waals surface area contributed by atoms with E-state index in [-0.39, 0.29) is 24.4 Å². The third-order valence-corrected chi connectivity index (χ3v) is 4.16. The van der Waals surface area contributed by atoms with Crippen LogP contribution in [0.3, 0.4) is 0 Å². The van der Waals surface area contributed by atoms with Crippen molar-refractivity contribution in [2.75, 3.05) is 11.9 Å². The van der Waals surface area contributed by atoms with E-state index in [1.54, 1.807) is 36.1 Å². The first-order valence-electron chi connectivity index (χ1n) is 7.70. The van der Waals surface area contributed by atoms with Gasteiger partial charge in [0.2, 0.25) is 5.91 Å². The summed E-state index contributed by atoms with van der Waals surface area (Å²) in [5.41, 5.74) is 0.537. The highest BCUT2D eigenvalue weighted by Gasteiger charge is 2.23. The second-order valence-corrected chi connectivity index (χ2v) is 6.49. The molecule has 0 aliphatic carbocycles. The van der Waals surface area contributed by atoms with Gasteiger partial charge in [0.1, 0.15) is 12.3 Å². The van der Waals surface area contributed by atoms with E-state index in [1.807, 2.05) is 19.9 Å². The normalized spacial score (nSPS) is 11.8. The second-order valence-electron chi connectivity index (χ2n) is 5.57. The Morgan fingerprint density at radius 3 is 2.71 bits per heavy atom. The SMILES string of the molecule is CC[C@H](C)N(CC(=O)Nc1cc(C)on1)C(=O)c1cccc(Br)c1. The van der Waals surface area contributed by atoms with Crippen molar-refractivity contribution in [3.63, 3.8) is 0 Å². The summed E-state index contributed by atoms with van der Waals surface area (Å²) in [5.74, 6) is 0.454. The van der Waals surface area contributed by atoms with Crippen LogP contribution in [-0.4, -0.2) is 34.5 Å². The molecule has 0 radical (unpaired) electrons. The molecule has 1 atom stereocenters. The summed E-state index contributed by atoms with van der Waals surface area (Å²) in [7, 11) is 0. The van der Waals surface area contributed by atoms with E-state index in [0.29, 0.717) is 17.1 Å². The lowest BCUT2D eigenvalue weighted by molar-refractivity contribution is -0.117. The molecule has 0 unspecified atom stereocenters. The average Bonchev–Trinajstić information content (AvgIpc) is 2.96. The molecule has 0 aliphatic rings. The summed E-state index contributed by atoms with van der Waals surface area (Å²) in [6, 6.07) is 8.69. The lowest BCUT2D eigenvalue weighted by Crippen LogP contribution is -2.43. The number of benzene rings is 1. The fraction of sp³-hybridized carbons (Fsp3) is 0.353. The largest absolute Gasteiger partial charge is 0.360 e. The first-order valence-corrected chi connectivity index (χ1v) is 8.49. The van der Waals surface area contributed by atoms with Crippen LogP contribution < -0.4 is 5.32 Å².